The predicted molar refractivity (Wildman–Crippen MR) is 178 cm³/mol. The second-order valence-corrected chi connectivity index (χ2v) is 13.6. The number of phosphoric acid groups is 1. The minimum Gasteiger partial charge on any atom is -0.462 e. The van der Waals surface area contributed by atoms with Gasteiger partial charge in [-0.25, -0.2) is 4.57 Å². The molecule has 0 aliphatic heterocycles. The van der Waals surface area contributed by atoms with Gasteiger partial charge in [0, 0.05) is 19.4 Å². The monoisotopic (exact) mass is 649 g/mol. The third-order valence-electron chi connectivity index (χ3n) is 7.74. The first-order valence-electron chi connectivity index (χ1n) is 18.0. The molecule has 0 saturated heterocycles. The van der Waals surface area contributed by atoms with Gasteiger partial charge in [0.15, 0.2) is 6.10 Å². The average Bonchev–Trinajstić information content (AvgIpc) is 3.00. The molecule has 0 radical (unpaired) electrons. The summed E-state index contributed by atoms with van der Waals surface area (Å²) in [6.45, 7) is 3.72. The Labute approximate surface area is 269 Å². The number of ether oxygens (including phenoxy) is 2. The number of rotatable bonds is 34. The van der Waals surface area contributed by atoms with Gasteiger partial charge in [-0.3, -0.25) is 18.6 Å². The van der Waals surface area contributed by atoms with E-state index in [-0.39, 0.29) is 38.6 Å². The van der Waals surface area contributed by atoms with Crippen molar-refractivity contribution in [2.45, 2.75) is 180 Å². The van der Waals surface area contributed by atoms with Crippen molar-refractivity contribution in [1.82, 2.24) is 0 Å². The molecule has 10 heteroatoms. The Morgan fingerprint density at radius 1 is 0.591 bits per heavy atom. The zero-order valence-corrected chi connectivity index (χ0v) is 29.3. The summed E-state index contributed by atoms with van der Waals surface area (Å²) in [4.78, 5) is 34.6. The molecule has 2 atom stereocenters. The topological polar surface area (TPSA) is 134 Å². The third-order valence-corrected chi connectivity index (χ3v) is 8.73. The van der Waals surface area contributed by atoms with E-state index < -0.39 is 26.5 Å². The van der Waals surface area contributed by atoms with Gasteiger partial charge in [0.25, 0.3) is 0 Å². The highest BCUT2D eigenvalue weighted by atomic mass is 31.2. The van der Waals surface area contributed by atoms with E-state index in [1.807, 2.05) is 0 Å². The molecule has 0 bridgehead atoms. The lowest BCUT2D eigenvalue weighted by molar-refractivity contribution is -0.161. The van der Waals surface area contributed by atoms with Crippen LogP contribution in [0.25, 0.3) is 0 Å². The minimum atomic E-state index is -4.36. The van der Waals surface area contributed by atoms with Crippen LogP contribution in [0.5, 0.6) is 0 Å². The molecule has 262 valence electrons. The van der Waals surface area contributed by atoms with Crippen molar-refractivity contribution in [3.8, 4) is 0 Å². The van der Waals surface area contributed by atoms with Crippen LogP contribution in [0.1, 0.15) is 174 Å². The average molecular weight is 650 g/mol. The molecule has 1 unspecified atom stereocenters. The van der Waals surface area contributed by atoms with E-state index in [9.17, 15) is 19.0 Å². The number of carbonyl (C=O) groups is 2. The SMILES string of the molecule is CCCCCCCCCCCCCCC(=O)OC[C@H](COP(=O)(O)OCCN)OC(=O)CCCCCCCCCCCCC. The number of nitrogens with two attached hydrogens (primary N) is 1. The van der Waals surface area contributed by atoms with Crippen molar-refractivity contribution in [2.24, 2.45) is 5.73 Å². The van der Waals surface area contributed by atoms with Gasteiger partial charge in [-0.2, -0.15) is 0 Å². The van der Waals surface area contributed by atoms with Gasteiger partial charge in [0.05, 0.1) is 13.2 Å². The lowest BCUT2D eigenvalue weighted by Crippen LogP contribution is -2.29. The maximum atomic E-state index is 12.5. The van der Waals surface area contributed by atoms with Crippen molar-refractivity contribution >= 4 is 19.8 Å². The van der Waals surface area contributed by atoms with Crippen LogP contribution in [0.15, 0.2) is 0 Å². The van der Waals surface area contributed by atoms with Crippen LogP contribution in [-0.2, 0) is 32.7 Å². The summed E-state index contributed by atoms with van der Waals surface area (Å²) in [5.74, 6) is -0.822. The highest BCUT2D eigenvalue weighted by Gasteiger charge is 2.25. The van der Waals surface area contributed by atoms with Crippen LogP contribution >= 0.6 is 7.82 Å². The van der Waals surface area contributed by atoms with Crippen molar-refractivity contribution in [3.05, 3.63) is 0 Å². The lowest BCUT2D eigenvalue weighted by atomic mass is 10.0. The van der Waals surface area contributed by atoms with E-state index in [1.165, 1.54) is 109 Å². The van der Waals surface area contributed by atoms with E-state index in [0.717, 1.165) is 32.1 Å². The number of carbonyl (C=O) groups excluding carboxylic acids is 2. The van der Waals surface area contributed by atoms with Gasteiger partial charge in [-0.1, -0.05) is 149 Å². The largest absolute Gasteiger partial charge is 0.472 e. The maximum Gasteiger partial charge on any atom is 0.472 e. The number of hydrogen-bond acceptors (Lipinski definition) is 8. The van der Waals surface area contributed by atoms with E-state index >= 15 is 0 Å². The fourth-order valence-corrected chi connectivity index (χ4v) is 5.81. The molecule has 0 spiro atoms. The highest BCUT2D eigenvalue weighted by Crippen LogP contribution is 2.43. The molecule has 0 aromatic heterocycles. The molecular formula is C34H68NO8P. The second-order valence-electron chi connectivity index (χ2n) is 12.1. The van der Waals surface area contributed by atoms with Gasteiger partial charge < -0.3 is 20.1 Å². The van der Waals surface area contributed by atoms with Crippen LogP contribution in [0.3, 0.4) is 0 Å². The first kappa shape index (κ1) is 43.0. The Kier molecular flexibility index (Phi) is 31.3. The third kappa shape index (κ3) is 31.0. The molecule has 0 saturated carbocycles. The molecule has 9 nitrogen and oxygen atoms in total. The smallest absolute Gasteiger partial charge is 0.462 e. The Hall–Kier alpha value is -0.990. The predicted octanol–water partition coefficient (Wildman–Crippen LogP) is 9.33. The van der Waals surface area contributed by atoms with E-state index in [2.05, 4.69) is 13.8 Å². The number of unbranched alkanes of at least 4 members (excludes halogenated alkanes) is 21. The first-order chi connectivity index (χ1) is 21.3. The van der Waals surface area contributed by atoms with Gasteiger partial charge in [-0.15, -0.1) is 0 Å². The van der Waals surface area contributed by atoms with Crippen molar-refractivity contribution < 1.29 is 37.6 Å². The summed E-state index contributed by atoms with van der Waals surface area (Å²) >= 11 is 0. The maximum absolute atomic E-state index is 12.5. The molecule has 3 N–H and O–H groups in total. The van der Waals surface area contributed by atoms with Gasteiger partial charge in [0.1, 0.15) is 6.61 Å². The second kappa shape index (κ2) is 32.0. The lowest BCUT2D eigenvalue weighted by Gasteiger charge is -2.19. The summed E-state index contributed by atoms with van der Waals surface area (Å²) in [5, 5.41) is 0. The molecule has 0 rings (SSSR count). The molecule has 0 amide bonds. The fraction of sp³-hybridized carbons (Fsp3) is 0.941. The molecule has 0 fully saturated rings. The highest BCUT2D eigenvalue weighted by molar-refractivity contribution is 7.47. The summed E-state index contributed by atoms with van der Waals surface area (Å²) in [6.07, 6.45) is 27.0. The Morgan fingerprint density at radius 3 is 1.39 bits per heavy atom. The molecule has 0 aliphatic rings. The Morgan fingerprint density at radius 2 is 0.977 bits per heavy atom. The molecule has 0 aromatic carbocycles. The van der Waals surface area contributed by atoms with E-state index in [1.54, 1.807) is 0 Å². The standard InChI is InChI=1S/C34H68NO8P/c1-3-5-7-9-11-13-15-17-18-20-22-24-26-33(36)40-30-32(31-42-44(38,39)41-29-28-35)43-34(37)27-25-23-21-19-16-14-12-10-8-6-4-2/h32H,3-31,35H2,1-2H3,(H,38,39)/t32-/m1/s1. The van der Waals surface area contributed by atoms with Gasteiger partial charge in [0.2, 0.25) is 0 Å². The van der Waals surface area contributed by atoms with Crippen LogP contribution < -0.4 is 5.73 Å². The minimum absolute atomic E-state index is 0.0576. The molecule has 0 aromatic rings. The quantitative estimate of drug-likeness (QED) is 0.0397. The van der Waals surface area contributed by atoms with Gasteiger partial charge >= 0.3 is 19.8 Å². The van der Waals surface area contributed by atoms with Crippen molar-refractivity contribution in [1.29, 1.82) is 0 Å². The zero-order chi connectivity index (χ0) is 32.6. The first-order valence-corrected chi connectivity index (χ1v) is 19.5. The summed E-state index contributed by atoms with van der Waals surface area (Å²) in [6, 6.07) is 0. The number of phosphoric ester groups is 1. The number of esters is 2. The van der Waals surface area contributed by atoms with Gasteiger partial charge in [-0.05, 0) is 12.8 Å². The normalized spacial score (nSPS) is 13.5. The summed E-state index contributed by atoms with van der Waals surface area (Å²) < 4.78 is 32.5. The molecule has 0 aliphatic carbocycles. The van der Waals surface area contributed by atoms with Crippen LogP contribution in [0.2, 0.25) is 0 Å². The summed E-state index contributed by atoms with van der Waals surface area (Å²) in [7, 11) is -4.36. The van der Waals surface area contributed by atoms with Crippen LogP contribution in [-0.4, -0.2) is 49.3 Å². The van der Waals surface area contributed by atoms with Crippen LogP contribution in [0, 0.1) is 0 Å². The summed E-state index contributed by atoms with van der Waals surface area (Å²) in [5.41, 5.74) is 5.32. The van der Waals surface area contributed by atoms with E-state index in [0.29, 0.717) is 6.42 Å². The zero-order valence-electron chi connectivity index (χ0n) is 28.4. The van der Waals surface area contributed by atoms with Crippen molar-refractivity contribution in [2.75, 3.05) is 26.4 Å². The molecular weight excluding hydrogens is 581 g/mol. The molecule has 0 heterocycles. The van der Waals surface area contributed by atoms with Crippen molar-refractivity contribution in [3.63, 3.8) is 0 Å². The Bertz CT molecular complexity index is 709. The van der Waals surface area contributed by atoms with Crippen LogP contribution in [0.4, 0.5) is 0 Å². The Balaban J connectivity index is 4.23. The number of hydrogen-bond donors (Lipinski definition) is 2. The fourth-order valence-electron chi connectivity index (χ4n) is 5.05. The molecule has 44 heavy (non-hydrogen) atoms. The van der Waals surface area contributed by atoms with E-state index in [4.69, 9.17) is 24.3 Å².